The standard InChI is InChI=1S/C14H16ClN5O/c1-9-6-13(21)18-14(17-9)19-16-8-10-4-5-11(20(2)3)7-12(10)15/h4-8H,1-3H3,(H2,17,18,19,21)/b16-8+. The number of nitrogens with zero attached hydrogens (tertiary/aromatic N) is 3. The predicted molar refractivity (Wildman–Crippen MR) is 86.6 cm³/mol. The zero-order valence-electron chi connectivity index (χ0n) is 12.0. The second kappa shape index (κ2) is 6.41. The van der Waals surface area contributed by atoms with Crippen molar-refractivity contribution in [1.29, 1.82) is 0 Å². The molecule has 0 saturated carbocycles. The van der Waals surface area contributed by atoms with Gasteiger partial charge in [-0.25, -0.2) is 10.4 Å². The van der Waals surface area contributed by atoms with Crippen LogP contribution >= 0.6 is 11.6 Å². The van der Waals surface area contributed by atoms with Gasteiger partial charge in [-0.3, -0.25) is 9.78 Å². The number of H-pyrrole nitrogens is 1. The smallest absolute Gasteiger partial charge is 0.252 e. The van der Waals surface area contributed by atoms with Gasteiger partial charge in [0.05, 0.1) is 11.2 Å². The van der Waals surface area contributed by atoms with Crippen LogP contribution in [0.4, 0.5) is 11.6 Å². The summed E-state index contributed by atoms with van der Waals surface area (Å²) >= 11 is 6.19. The van der Waals surface area contributed by atoms with E-state index >= 15 is 0 Å². The van der Waals surface area contributed by atoms with E-state index in [0.29, 0.717) is 10.7 Å². The third-order valence-corrected chi connectivity index (χ3v) is 3.07. The molecule has 21 heavy (non-hydrogen) atoms. The lowest BCUT2D eigenvalue weighted by molar-refractivity contribution is 1.04. The summed E-state index contributed by atoms with van der Waals surface area (Å²) in [5, 5.41) is 4.62. The first-order valence-corrected chi connectivity index (χ1v) is 6.67. The molecule has 0 spiro atoms. The van der Waals surface area contributed by atoms with Crippen molar-refractivity contribution in [3.8, 4) is 0 Å². The molecule has 110 valence electrons. The lowest BCUT2D eigenvalue weighted by atomic mass is 10.2. The molecular formula is C14H16ClN5O. The maximum absolute atomic E-state index is 11.3. The molecule has 0 amide bonds. The Morgan fingerprint density at radius 2 is 2.14 bits per heavy atom. The third-order valence-electron chi connectivity index (χ3n) is 2.74. The second-order valence-electron chi connectivity index (χ2n) is 4.71. The first kappa shape index (κ1) is 15.1. The first-order valence-electron chi connectivity index (χ1n) is 6.29. The fourth-order valence-electron chi connectivity index (χ4n) is 1.69. The Morgan fingerprint density at radius 1 is 1.38 bits per heavy atom. The van der Waals surface area contributed by atoms with Crippen molar-refractivity contribution in [2.45, 2.75) is 6.92 Å². The molecule has 2 aromatic rings. The van der Waals surface area contributed by atoms with Gasteiger partial charge in [0.15, 0.2) is 0 Å². The molecule has 6 nitrogen and oxygen atoms in total. The van der Waals surface area contributed by atoms with Crippen LogP contribution in [0.2, 0.25) is 5.02 Å². The van der Waals surface area contributed by atoms with Gasteiger partial charge in [-0.1, -0.05) is 11.6 Å². The van der Waals surface area contributed by atoms with Crippen molar-refractivity contribution in [3.63, 3.8) is 0 Å². The highest BCUT2D eigenvalue weighted by Gasteiger charge is 2.01. The maximum atomic E-state index is 11.3. The Hall–Kier alpha value is -2.34. The summed E-state index contributed by atoms with van der Waals surface area (Å²) in [7, 11) is 3.89. The molecule has 0 radical (unpaired) electrons. The minimum atomic E-state index is -0.228. The number of benzene rings is 1. The number of nitrogens with one attached hydrogen (secondary N) is 2. The fraction of sp³-hybridized carbons (Fsp3) is 0.214. The number of anilines is 2. The zero-order valence-corrected chi connectivity index (χ0v) is 12.8. The molecule has 7 heteroatoms. The Balaban J connectivity index is 2.12. The summed E-state index contributed by atoms with van der Waals surface area (Å²) in [6.07, 6.45) is 1.57. The van der Waals surface area contributed by atoms with Crippen LogP contribution in [0.1, 0.15) is 11.3 Å². The maximum Gasteiger partial charge on any atom is 0.252 e. The van der Waals surface area contributed by atoms with Crippen LogP contribution in [0.15, 0.2) is 34.2 Å². The normalized spacial score (nSPS) is 10.9. The lowest BCUT2D eigenvalue weighted by Gasteiger charge is -2.13. The number of hydrogen-bond donors (Lipinski definition) is 2. The van der Waals surface area contributed by atoms with Crippen LogP contribution in [0, 0.1) is 6.92 Å². The van der Waals surface area contributed by atoms with Crippen molar-refractivity contribution in [2.24, 2.45) is 5.10 Å². The highest BCUT2D eigenvalue weighted by molar-refractivity contribution is 6.33. The molecule has 1 aromatic heterocycles. The first-order chi connectivity index (χ1) is 9.95. The molecule has 0 bridgehead atoms. The van der Waals surface area contributed by atoms with Gasteiger partial charge in [0.25, 0.3) is 5.56 Å². The van der Waals surface area contributed by atoms with Gasteiger partial charge in [0.2, 0.25) is 5.95 Å². The molecule has 1 aromatic carbocycles. The average Bonchev–Trinajstić information content (AvgIpc) is 2.39. The van der Waals surface area contributed by atoms with E-state index in [1.54, 1.807) is 13.1 Å². The summed E-state index contributed by atoms with van der Waals surface area (Å²) in [4.78, 5) is 19.9. The summed E-state index contributed by atoms with van der Waals surface area (Å²) in [5.41, 5.74) is 4.84. The van der Waals surface area contributed by atoms with Crippen molar-refractivity contribution in [3.05, 3.63) is 50.9 Å². The van der Waals surface area contributed by atoms with Gasteiger partial charge in [-0.2, -0.15) is 5.10 Å². The molecule has 1 heterocycles. The summed E-state index contributed by atoms with van der Waals surface area (Å²) in [6.45, 7) is 1.74. The van der Waals surface area contributed by atoms with Crippen LogP contribution in [0.25, 0.3) is 0 Å². The topological polar surface area (TPSA) is 73.4 Å². The number of halogens is 1. The van der Waals surface area contributed by atoms with Crippen LogP contribution < -0.4 is 15.9 Å². The van der Waals surface area contributed by atoms with Crippen LogP contribution in [0.3, 0.4) is 0 Å². The summed E-state index contributed by atoms with van der Waals surface area (Å²) in [5.74, 6) is 0.289. The minimum Gasteiger partial charge on any atom is -0.378 e. The number of aromatic nitrogens is 2. The van der Waals surface area contributed by atoms with Gasteiger partial charge in [0.1, 0.15) is 0 Å². The predicted octanol–water partition coefficient (Wildman–Crippen LogP) is 2.24. The fourth-order valence-corrected chi connectivity index (χ4v) is 1.92. The van der Waals surface area contributed by atoms with Gasteiger partial charge in [-0.05, 0) is 25.1 Å². The number of rotatable bonds is 4. The van der Waals surface area contributed by atoms with Crippen molar-refractivity contribution < 1.29 is 0 Å². The van der Waals surface area contributed by atoms with Crippen LogP contribution in [-0.2, 0) is 0 Å². The number of hydrogen-bond acceptors (Lipinski definition) is 5. The summed E-state index contributed by atoms with van der Waals surface area (Å²) in [6, 6.07) is 7.08. The van der Waals surface area contributed by atoms with Gasteiger partial charge >= 0.3 is 0 Å². The largest absolute Gasteiger partial charge is 0.378 e. The Morgan fingerprint density at radius 3 is 2.76 bits per heavy atom. The molecule has 2 rings (SSSR count). The van der Waals surface area contributed by atoms with Crippen LogP contribution in [0.5, 0.6) is 0 Å². The molecule has 0 aliphatic heterocycles. The highest BCUT2D eigenvalue weighted by atomic mass is 35.5. The average molecular weight is 306 g/mol. The molecule has 2 N–H and O–H groups in total. The van der Waals surface area contributed by atoms with Crippen LogP contribution in [-0.4, -0.2) is 30.3 Å². The SMILES string of the molecule is Cc1cc(=O)[nH]c(N/N=C/c2ccc(N(C)C)cc2Cl)n1. The van der Waals surface area contributed by atoms with E-state index < -0.39 is 0 Å². The Kier molecular flexibility index (Phi) is 4.59. The van der Waals surface area contributed by atoms with E-state index in [2.05, 4.69) is 20.5 Å². The van der Waals surface area contributed by atoms with Crippen molar-refractivity contribution in [2.75, 3.05) is 24.4 Å². The molecule has 0 saturated heterocycles. The number of hydrazone groups is 1. The highest BCUT2D eigenvalue weighted by Crippen LogP contribution is 2.21. The third kappa shape index (κ3) is 4.06. The molecule has 0 aliphatic carbocycles. The number of aromatic amines is 1. The van der Waals surface area contributed by atoms with Gasteiger partial charge in [0, 0.05) is 37.1 Å². The van der Waals surface area contributed by atoms with E-state index in [4.69, 9.17) is 11.6 Å². The lowest BCUT2D eigenvalue weighted by Crippen LogP contribution is -2.10. The van der Waals surface area contributed by atoms with E-state index in [9.17, 15) is 4.79 Å². The van der Waals surface area contributed by atoms with E-state index in [1.807, 2.05) is 37.2 Å². The van der Waals surface area contributed by atoms with E-state index in [0.717, 1.165) is 11.3 Å². The molecule has 0 aliphatic rings. The quantitative estimate of drug-likeness (QED) is 0.671. The Labute approximate surface area is 127 Å². The van der Waals surface area contributed by atoms with Gasteiger partial charge in [-0.15, -0.1) is 0 Å². The molecule has 0 atom stereocenters. The minimum absolute atomic E-state index is 0.228. The van der Waals surface area contributed by atoms with E-state index in [-0.39, 0.29) is 11.5 Å². The van der Waals surface area contributed by atoms with E-state index in [1.165, 1.54) is 6.07 Å². The number of aryl methyl sites for hydroxylation is 1. The van der Waals surface area contributed by atoms with Gasteiger partial charge < -0.3 is 4.90 Å². The molecular weight excluding hydrogens is 290 g/mol. The second-order valence-corrected chi connectivity index (χ2v) is 5.11. The van der Waals surface area contributed by atoms with Crippen molar-refractivity contribution in [1.82, 2.24) is 9.97 Å². The molecule has 0 unspecified atom stereocenters. The summed E-state index contributed by atoms with van der Waals surface area (Å²) < 4.78 is 0. The zero-order chi connectivity index (χ0) is 15.4. The Bertz CT molecular complexity index is 724. The monoisotopic (exact) mass is 305 g/mol. The van der Waals surface area contributed by atoms with Crippen molar-refractivity contribution >= 4 is 29.5 Å². The molecule has 0 fully saturated rings.